The third kappa shape index (κ3) is 3.75. The van der Waals surface area contributed by atoms with Crippen LogP contribution in [-0.4, -0.2) is 14.8 Å². The van der Waals surface area contributed by atoms with Gasteiger partial charge in [-0.15, -0.1) is 0 Å². The molecule has 4 aromatic rings. The molecule has 0 radical (unpaired) electrons. The van der Waals surface area contributed by atoms with Gasteiger partial charge in [-0.3, -0.25) is 0 Å². The number of aromatic nitrogens is 3. The Labute approximate surface area is 184 Å². The van der Waals surface area contributed by atoms with Crippen molar-refractivity contribution in [2.75, 3.05) is 0 Å². The van der Waals surface area contributed by atoms with Gasteiger partial charge in [0, 0.05) is 5.56 Å². The van der Waals surface area contributed by atoms with Gasteiger partial charge in [0.05, 0.1) is 12.3 Å². The summed E-state index contributed by atoms with van der Waals surface area (Å²) in [7, 11) is 0. The van der Waals surface area contributed by atoms with Crippen LogP contribution in [0.1, 0.15) is 33.6 Å². The van der Waals surface area contributed by atoms with Gasteiger partial charge in [0.1, 0.15) is 5.82 Å². The standard InChI is InChI=1S/C27H26N4/c1-16-11-19(4)26(20(5)12-16)31-27(29-21(6)30-31)23-10-8-9-22(15-23)25-17(2)13-24(28-7)14-18(25)3/h8-15H,1-6H3. The first-order valence-corrected chi connectivity index (χ1v) is 10.4. The molecule has 4 heteroatoms. The molecule has 3 aromatic carbocycles. The van der Waals surface area contributed by atoms with Crippen LogP contribution >= 0.6 is 0 Å². The zero-order chi connectivity index (χ0) is 22.3. The Morgan fingerprint density at radius 2 is 1.39 bits per heavy atom. The summed E-state index contributed by atoms with van der Waals surface area (Å²) < 4.78 is 1.97. The number of hydrogen-bond donors (Lipinski definition) is 0. The van der Waals surface area contributed by atoms with E-state index in [1.165, 1.54) is 22.3 Å². The minimum absolute atomic E-state index is 0.676. The van der Waals surface area contributed by atoms with Gasteiger partial charge < -0.3 is 0 Å². The van der Waals surface area contributed by atoms with E-state index in [-0.39, 0.29) is 0 Å². The molecule has 0 atom stereocenters. The van der Waals surface area contributed by atoms with Gasteiger partial charge in [0.2, 0.25) is 0 Å². The zero-order valence-electron chi connectivity index (χ0n) is 18.9. The molecule has 0 aliphatic rings. The van der Waals surface area contributed by atoms with Gasteiger partial charge in [-0.05, 0) is 69.9 Å². The predicted molar refractivity (Wildman–Crippen MR) is 127 cm³/mol. The summed E-state index contributed by atoms with van der Waals surface area (Å²) in [5.74, 6) is 1.58. The summed E-state index contributed by atoms with van der Waals surface area (Å²) in [4.78, 5) is 8.37. The van der Waals surface area contributed by atoms with Crippen LogP contribution in [0.25, 0.3) is 33.0 Å². The van der Waals surface area contributed by atoms with E-state index in [2.05, 4.69) is 75.9 Å². The summed E-state index contributed by atoms with van der Waals surface area (Å²) in [5.41, 5.74) is 10.9. The van der Waals surface area contributed by atoms with Crippen molar-refractivity contribution in [3.8, 4) is 28.2 Å². The van der Waals surface area contributed by atoms with Crippen molar-refractivity contribution in [1.29, 1.82) is 0 Å². The fraction of sp³-hybridized carbons (Fsp3) is 0.222. The first-order valence-electron chi connectivity index (χ1n) is 10.4. The Bertz CT molecular complexity index is 1310. The van der Waals surface area contributed by atoms with Crippen LogP contribution in [0.5, 0.6) is 0 Å². The van der Waals surface area contributed by atoms with Crippen molar-refractivity contribution in [1.82, 2.24) is 14.8 Å². The quantitative estimate of drug-likeness (QED) is 0.343. The fourth-order valence-electron chi connectivity index (χ4n) is 4.54. The molecule has 4 rings (SSSR count). The third-order valence-electron chi connectivity index (χ3n) is 5.62. The van der Waals surface area contributed by atoms with Gasteiger partial charge in [-0.1, -0.05) is 59.2 Å². The summed E-state index contributed by atoms with van der Waals surface area (Å²) in [5, 5.41) is 4.74. The number of aryl methyl sites for hydroxylation is 6. The second kappa shape index (κ2) is 7.85. The Balaban J connectivity index is 1.89. The normalized spacial score (nSPS) is 10.9. The Kier molecular flexibility index (Phi) is 5.20. The SMILES string of the molecule is [C-]#[N+]c1cc(C)c(-c2cccc(-c3nc(C)nn3-c3c(C)cc(C)cc3C)c2)c(C)c1. The predicted octanol–water partition coefficient (Wildman–Crippen LogP) is 7.00. The molecule has 0 aliphatic heterocycles. The first kappa shape index (κ1) is 20.6. The van der Waals surface area contributed by atoms with Crippen molar-refractivity contribution in [2.45, 2.75) is 41.5 Å². The van der Waals surface area contributed by atoms with E-state index in [0.717, 1.165) is 39.6 Å². The lowest BCUT2D eigenvalue weighted by Gasteiger charge is -2.15. The molecule has 0 saturated heterocycles. The molecular weight excluding hydrogens is 380 g/mol. The topological polar surface area (TPSA) is 35.1 Å². The van der Waals surface area contributed by atoms with Crippen LogP contribution < -0.4 is 0 Å². The van der Waals surface area contributed by atoms with Crippen LogP contribution in [0, 0.1) is 48.1 Å². The minimum atomic E-state index is 0.676. The monoisotopic (exact) mass is 406 g/mol. The molecule has 0 unspecified atom stereocenters. The van der Waals surface area contributed by atoms with Gasteiger partial charge >= 0.3 is 0 Å². The first-order chi connectivity index (χ1) is 14.8. The lowest BCUT2D eigenvalue weighted by molar-refractivity contribution is 0.854. The number of benzene rings is 3. The van der Waals surface area contributed by atoms with Crippen LogP contribution in [0.2, 0.25) is 0 Å². The molecule has 0 aliphatic carbocycles. The molecule has 0 spiro atoms. The molecule has 154 valence electrons. The summed E-state index contributed by atoms with van der Waals surface area (Å²) in [6.45, 7) is 19.7. The van der Waals surface area contributed by atoms with Crippen LogP contribution in [0.15, 0.2) is 48.5 Å². The van der Waals surface area contributed by atoms with Gasteiger partial charge in [0.15, 0.2) is 11.5 Å². The molecule has 4 nitrogen and oxygen atoms in total. The molecule has 0 saturated carbocycles. The molecule has 1 aromatic heterocycles. The summed E-state index contributed by atoms with van der Waals surface area (Å²) in [6, 6.07) is 16.7. The Hall–Kier alpha value is -3.71. The number of rotatable bonds is 3. The van der Waals surface area contributed by atoms with Crippen LogP contribution in [0.3, 0.4) is 0 Å². The van der Waals surface area contributed by atoms with E-state index in [4.69, 9.17) is 16.7 Å². The summed E-state index contributed by atoms with van der Waals surface area (Å²) in [6.07, 6.45) is 0. The second-order valence-corrected chi connectivity index (χ2v) is 8.29. The van der Waals surface area contributed by atoms with Crippen LogP contribution in [0.4, 0.5) is 5.69 Å². The maximum Gasteiger partial charge on any atom is 0.187 e. The zero-order valence-corrected chi connectivity index (χ0v) is 18.9. The van der Waals surface area contributed by atoms with E-state index in [0.29, 0.717) is 5.69 Å². The van der Waals surface area contributed by atoms with Crippen molar-refractivity contribution >= 4 is 5.69 Å². The van der Waals surface area contributed by atoms with Crippen molar-refractivity contribution in [3.05, 3.63) is 93.6 Å². The van der Waals surface area contributed by atoms with Gasteiger partial charge in [-0.2, -0.15) is 5.10 Å². The van der Waals surface area contributed by atoms with Gasteiger partial charge in [-0.25, -0.2) is 14.5 Å². The third-order valence-corrected chi connectivity index (χ3v) is 5.62. The minimum Gasteiger partial charge on any atom is -0.238 e. The molecule has 0 amide bonds. The van der Waals surface area contributed by atoms with E-state index < -0.39 is 0 Å². The second-order valence-electron chi connectivity index (χ2n) is 8.29. The van der Waals surface area contributed by atoms with E-state index in [9.17, 15) is 0 Å². The van der Waals surface area contributed by atoms with Gasteiger partial charge in [0.25, 0.3) is 0 Å². The van der Waals surface area contributed by atoms with Crippen molar-refractivity contribution < 1.29 is 0 Å². The van der Waals surface area contributed by atoms with E-state index in [1.54, 1.807) is 0 Å². The number of hydrogen-bond acceptors (Lipinski definition) is 2. The average Bonchev–Trinajstić information content (AvgIpc) is 3.08. The van der Waals surface area contributed by atoms with E-state index in [1.807, 2.05) is 23.7 Å². The average molecular weight is 407 g/mol. The highest BCUT2D eigenvalue weighted by Crippen LogP contribution is 2.34. The molecule has 31 heavy (non-hydrogen) atoms. The number of nitrogens with zero attached hydrogens (tertiary/aromatic N) is 4. The van der Waals surface area contributed by atoms with E-state index >= 15 is 0 Å². The maximum absolute atomic E-state index is 7.32. The highest BCUT2D eigenvalue weighted by molar-refractivity contribution is 5.77. The molecule has 0 fully saturated rings. The molecular formula is C27H26N4. The Morgan fingerprint density at radius 1 is 0.774 bits per heavy atom. The highest BCUT2D eigenvalue weighted by Gasteiger charge is 2.17. The Morgan fingerprint density at radius 3 is 2.00 bits per heavy atom. The fourth-order valence-corrected chi connectivity index (χ4v) is 4.54. The smallest absolute Gasteiger partial charge is 0.187 e. The largest absolute Gasteiger partial charge is 0.238 e. The maximum atomic E-state index is 7.32. The van der Waals surface area contributed by atoms with Crippen molar-refractivity contribution in [2.24, 2.45) is 0 Å². The molecule has 0 N–H and O–H groups in total. The lowest BCUT2D eigenvalue weighted by atomic mass is 9.94. The lowest BCUT2D eigenvalue weighted by Crippen LogP contribution is -2.05. The van der Waals surface area contributed by atoms with Crippen molar-refractivity contribution in [3.63, 3.8) is 0 Å². The van der Waals surface area contributed by atoms with Crippen LogP contribution in [-0.2, 0) is 0 Å². The molecule has 0 bridgehead atoms. The highest BCUT2D eigenvalue weighted by atomic mass is 15.4. The summed E-state index contributed by atoms with van der Waals surface area (Å²) >= 11 is 0. The molecule has 1 heterocycles.